The molecule has 4 nitrogen and oxygen atoms in total. The molecule has 0 bridgehead atoms. The van der Waals surface area contributed by atoms with E-state index in [2.05, 4.69) is 0 Å². The Kier molecular flexibility index (Phi) is 4.19. The number of piperidine rings is 1. The van der Waals surface area contributed by atoms with Crippen LogP contribution < -0.4 is 0 Å². The van der Waals surface area contributed by atoms with Crippen LogP contribution in [0.15, 0.2) is 29.2 Å². The number of rotatable bonds is 5. The molecular weight excluding hydrogens is 346 g/mol. The molecule has 2 atom stereocenters. The van der Waals surface area contributed by atoms with Gasteiger partial charge in [0.2, 0.25) is 10.0 Å². The van der Waals surface area contributed by atoms with E-state index in [9.17, 15) is 13.5 Å². The summed E-state index contributed by atoms with van der Waals surface area (Å²) in [6.45, 7) is 0.0850. The lowest BCUT2D eigenvalue weighted by Crippen LogP contribution is -2.55. The fourth-order valence-corrected chi connectivity index (χ4v) is 6.49. The highest BCUT2D eigenvalue weighted by Gasteiger charge is 2.57. The number of nitrogens with zero attached hydrogens (tertiary/aromatic N) is 1. The van der Waals surface area contributed by atoms with E-state index < -0.39 is 10.0 Å². The molecule has 132 valence electrons. The van der Waals surface area contributed by atoms with Crippen molar-refractivity contribution >= 4 is 21.6 Å². The number of sulfonamides is 1. The maximum atomic E-state index is 13.4. The van der Waals surface area contributed by atoms with Crippen molar-refractivity contribution in [2.24, 2.45) is 11.3 Å². The fraction of sp³-hybridized carbons (Fsp3) is 0.667. The van der Waals surface area contributed by atoms with Crippen LogP contribution in [0.2, 0.25) is 5.02 Å². The summed E-state index contributed by atoms with van der Waals surface area (Å²) in [7, 11) is -3.57. The van der Waals surface area contributed by atoms with E-state index in [0.29, 0.717) is 15.8 Å². The van der Waals surface area contributed by atoms with E-state index in [1.54, 1.807) is 28.6 Å². The van der Waals surface area contributed by atoms with Crippen LogP contribution in [-0.4, -0.2) is 36.5 Å². The van der Waals surface area contributed by atoms with E-state index >= 15 is 0 Å². The van der Waals surface area contributed by atoms with Crippen molar-refractivity contribution in [2.75, 3.05) is 6.61 Å². The molecule has 3 fully saturated rings. The molecule has 6 heteroatoms. The zero-order valence-electron chi connectivity index (χ0n) is 13.7. The smallest absolute Gasteiger partial charge is 0.243 e. The topological polar surface area (TPSA) is 57.6 Å². The number of benzene rings is 1. The molecule has 24 heavy (non-hydrogen) atoms. The first kappa shape index (κ1) is 16.8. The van der Waals surface area contributed by atoms with E-state index in [-0.39, 0.29) is 24.1 Å². The first-order valence-electron chi connectivity index (χ1n) is 8.88. The maximum absolute atomic E-state index is 13.4. The van der Waals surface area contributed by atoms with Crippen LogP contribution in [-0.2, 0) is 10.0 Å². The summed E-state index contributed by atoms with van der Waals surface area (Å²) in [6.07, 6.45) is 6.95. The van der Waals surface area contributed by atoms with E-state index in [4.69, 9.17) is 11.6 Å². The van der Waals surface area contributed by atoms with Crippen LogP contribution in [0.3, 0.4) is 0 Å². The Hall–Kier alpha value is -0.620. The van der Waals surface area contributed by atoms with Gasteiger partial charge in [0.05, 0.1) is 11.5 Å². The predicted octanol–water partition coefficient (Wildman–Crippen LogP) is 3.43. The van der Waals surface area contributed by atoms with Gasteiger partial charge in [-0.05, 0) is 68.7 Å². The Balaban J connectivity index is 1.75. The summed E-state index contributed by atoms with van der Waals surface area (Å²) in [5.41, 5.74) is -0.215. The molecule has 2 saturated carbocycles. The Bertz CT molecular complexity index is 710. The second-order valence-corrected chi connectivity index (χ2v) is 9.94. The van der Waals surface area contributed by atoms with Crippen molar-refractivity contribution in [2.45, 2.75) is 61.9 Å². The highest BCUT2D eigenvalue weighted by Crippen LogP contribution is 2.56. The maximum Gasteiger partial charge on any atom is 0.243 e. The third kappa shape index (κ3) is 2.79. The van der Waals surface area contributed by atoms with Crippen molar-refractivity contribution < 1.29 is 13.5 Å². The van der Waals surface area contributed by atoms with Gasteiger partial charge in [0.25, 0.3) is 0 Å². The average molecular weight is 370 g/mol. The van der Waals surface area contributed by atoms with Crippen LogP contribution in [0.25, 0.3) is 0 Å². The van der Waals surface area contributed by atoms with Gasteiger partial charge in [-0.25, -0.2) is 8.42 Å². The largest absolute Gasteiger partial charge is 0.396 e. The van der Waals surface area contributed by atoms with Crippen LogP contribution in [0.1, 0.15) is 44.9 Å². The summed E-state index contributed by atoms with van der Waals surface area (Å²) in [4.78, 5) is 0.318. The molecule has 1 saturated heterocycles. The van der Waals surface area contributed by atoms with Gasteiger partial charge >= 0.3 is 0 Å². The van der Waals surface area contributed by atoms with Gasteiger partial charge in [0, 0.05) is 22.5 Å². The van der Waals surface area contributed by atoms with E-state index in [0.717, 1.165) is 44.9 Å². The van der Waals surface area contributed by atoms with Gasteiger partial charge in [-0.3, -0.25) is 0 Å². The lowest BCUT2D eigenvalue weighted by Gasteiger charge is -2.44. The van der Waals surface area contributed by atoms with E-state index in [1.807, 2.05) is 0 Å². The lowest BCUT2D eigenvalue weighted by atomic mass is 9.86. The van der Waals surface area contributed by atoms with Crippen molar-refractivity contribution in [1.29, 1.82) is 0 Å². The zero-order valence-corrected chi connectivity index (χ0v) is 15.3. The Morgan fingerprint density at radius 3 is 2.33 bits per heavy atom. The van der Waals surface area contributed by atoms with Gasteiger partial charge in [0.15, 0.2) is 0 Å². The van der Waals surface area contributed by atoms with Crippen molar-refractivity contribution in [3.05, 3.63) is 29.3 Å². The van der Waals surface area contributed by atoms with Gasteiger partial charge in [-0.1, -0.05) is 18.0 Å². The minimum Gasteiger partial charge on any atom is -0.396 e. The summed E-state index contributed by atoms with van der Waals surface area (Å²) in [5.74, 6) is 0.490. The number of halogens is 1. The first-order chi connectivity index (χ1) is 11.5. The SMILES string of the molecule is O=S(=O)(c1ccc(Cl)cc1)N1[C@@H](C2CC2)CCC[C@H]1C1(CO)CC1. The van der Waals surface area contributed by atoms with Crippen LogP contribution >= 0.6 is 11.6 Å². The summed E-state index contributed by atoms with van der Waals surface area (Å²) < 4.78 is 28.7. The third-order valence-corrected chi connectivity index (χ3v) is 8.28. The molecule has 1 N–H and O–H groups in total. The highest BCUT2D eigenvalue weighted by atomic mass is 35.5. The highest BCUT2D eigenvalue weighted by molar-refractivity contribution is 7.89. The molecule has 2 aliphatic carbocycles. The Labute approximate surface area is 148 Å². The number of aliphatic hydroxyl groups excluding tert-OH is 1. The third-order valence-electron chi connectivity index (χ3n) is 6.08. The second kappa shape index (κ2) is 5.97. The average Bonchev–Trinajstić information content (AvgIpc) is 3.49. The van der Waals surface area contributed by atoms with Crippen LogP contribution in [0, 0.1) is 11.3 Å². The van der Waals surface area contributed by atoms with Gasteiger partial charge in [-0.2, -0.15) is 4.31 Å². The minimum atomic E-state index is -3.57. The summed E-state index contributed by atoms with van der Waals surface area (Å²) >= 11 is 5.93. The molecule has 1 aromatic rings. The first-order valence-corrected chi connectivity index (χ1v) is 10.7. The normalized spacial score (nSPS) is 30.2. The number of hydrogen-bond acceptors (Lipinski definition) is 3. The molecular formula is C18H24ClNO3S. The van der Waals surface area contributed by atoms with Crippen LogP contribution in [0.5, 0.6) is 0 Å². The predicted molar refractivity (Wildman–Crippen MR) is 93.4 cm³/mol. The van der Waals surface area contributed by atoms with Crippen LogP contribution in [0.4, 0.5) is 0 Å². The standard InChI is InChI=1S/C18H24ClNO3S/c19-14-6-8-15(9-7-14)24(22,23)20-16(13-4-5-13)2-1-3-17(20)18(12-21)10-11-18/h6-9,13,16-17,21H,1-5,10-12H2/t16-,17+/m1/s1. The number of hydrogen-bond donors (Lipinski definition) is 1. The minimum absolute atomic E-state index is 0.0671. The zero-order chi connectivity index (χ0) is 16.9. The van der Waals surface area contributed by atoms with Gasteiger partial charge in [-0.15, -0.1) is 0 Å². The van der Waals surface area contributed by atoms with Crippen molar-refractivity contribution in [1.82, 2.24) is 4.31 Å². The van der Waals surface area contributed by atoms with Gasteiger partial charge in [0.1, 0.15) is 0 Å². The quantitative estimate of drug-likeness (QED) is 0.864. The lowest BCUT2D eigenvalue weighted by molar-refractivity contribution is 0.0693. The molecule has 0 spiro atoms. The molecule has 1 heterocycles. The molecule has 0 amide bonds. The number of aliphatic hydroxyl groups is 1. The molecule has 0 aromatic heterocycles. The molecule has 1 aliphatic heterocycles. The monoisotopic (exact) mass is 369 g/mol. The molecule has 4 rings (SSSR count). The molecule has 0 radical (unpaired) electrons. The molecule has 0 unspecified atom stereocenters. The fourth-order valence-electron chi connectivity index (χ4n) is 4.34. The summed E-state index contributed by atoms with van der Waals surface area (Å²) in [6, 6.07) is 6.50. The Morgan fingerprint density at radius 2 is 1.79 bits per heavy atom. The van der Waals surface area contributed by atoms with E-state index in [1.165, 1.54) is 0 Å². The Morgan fingerprint density at radius 1 is 1.12 bits per heavy atom. The van der Waals surface area contributed by atoms with Crippen molar-refractivity contribution in [3.8, 4) is 0 Å². The molecule has 3 aliphatic rings. The molecule has 1 aromatic carbocycles. The van der Waals surface area contributed by atoms with Crippen molar-refractivity contribution in [3.63, 3.8) is 0 Å². The second-order valence-electron chi connectivity index (χ2n) is 7.66. The van der Waals surface area contributed by atoms with Gasteiger partial charge < -0.3 is 5.11 Å². The summed E-state index contributed by atoms with van der Waals surface area (Å²) in [5, 5.41) is 10.4.